The highest BCUT2D eigenvalue weighted by Gasteiger charge is 2.29. The Morgan fingerprint density at radius 2 is 2.12 bits per heavy atom. The van der Waals surface area contributed by atoms with E-state index in [9.17, 15) is 4.79 Å². The molecule has 2 saturated heterocycles. The van der Waals surface area contributed by atoms with Gasteiger partial charge in [0.1, 0.15) is 0 Å². The van der Waals surface area contributed by atoms with Crippen LogP contribution in [-0.4, -0.2) is 75.4 Å². The van der Waals surface area contributed by atoms with Gasteiger partial charge in [-0.15, -0.1) is 24.0 Å². The van der Waals surface area contributed by atoms with Crippen molar-refractivity contribution >= 4 is 35.8 Å². The fourth-order valence-electron chi connectivity index (χ4n) is 4.03. The Hall–Kier alpha value is -1.39. The minimum Gasteiger partial charge on any atom is -0.379 e. The zero-order chi connectivity index (χ0) is 21.7. The topological polar surface area (TPSA) is 75.2 Å². The molecule has 0 saturated carbocycles. The first-order valence-corrected chi connectivity index (χ1v) is 11.8. The molecule has 1 aromatic rings. The first-order chi connectivity index (χ1) is 15.2. The van der Waals surface area contributed by atoms with E-state index >= 15 is 0 Å². The number of likely N-dealkylation sites (tertiary alicyclic amines) is 1. The van der Waals surface area contributed by atoms with Gasteiger partial charge in [-0.05, 0) is 38.2 Å². The van der Waals surface area contributed by atoms with E-state index in [4.69, 9.17) is 14.5 Å². The molecule has 2 N–H and O–H groups in total. The first-order valence-electron chi connectivity index (χ1n) is 11.8. The highest BCUT2D eigenvalue weighted by molar-refractivity contribution is 14.0. The van der Waals surface area contributed by atoms with Gasteiger partial charge in [0.15, 0.2) is 5.96 Å². The standard InChI is InChI=1S/C24H38N4O3.HI/c1-2-25-24(26-12-7-14-30-19-22-10-6-15-31-22)27-17-21-16-23(29)28(18-21)13-11-20-8-4-3-5-9-20;/h3-5,8-9,21-22H,2,6-7,10-19H2,1H3,(H2,25,26,27);1H. The summed E-state index contributed by atoms with van der Waals surface area (Å²) in [7, 11) is 0. The molecule has 180 valence electrons. The second-order valence-electron chi connectivity index (χ2n) is 8.36. The molecular weight excluding hydrogens is 519 g/mol. The second-order valence-corrected chi connectivity index (χ2v) is 8.36. The van der Waals surface area contributed by atoms with Gasteiger partial charge >= 0.3 is 0 Å². The zero-order valence-corrected chi connectivity index (χ0v) is 21.6. The molecule has 2 unspecified atom stereocenters. The predicted molar refractivity (Wildman–Crippen MR) is 139 cm³/mol. The number of guanidine groups is 1. The van der Waals surface area contributed by atoms with Crippen LogP contribution in [0.5, 0.6) is 0 Å². The van der Waals surface area contributed by atoms with Gasteiger partial charge in [-0.3, -0.25) is 9.79 Å². The Labute approximate surface area is 209 Å². The van der Waals surface area contributed by atoms with Crippen molar-refractivity contribution in [1.82, 2.24) is 15.5 Å². The molecule has 32 heavy (non-hydrogen) atoms. The molecule has 0 aliphatic carbocycles. The van der Waals surface area contributed by atoms with Crippen molar-refractivity contribution in [2.45, 2.75) is 45.1 Å². The summed E-state index contributed by atoms with van der Waals surface area (Å²) in [5.74, 6) is 1.35. The lowest BCUT2D eigenvalue weighted by atomic mass is 10.1. The maximum absolute atomic E-state index is 12.4. The molecule has 0 spiro atoms. The van der Waals surface area contributed by atoms with E-state index in [1.165, 1.54) is 5.56 Å². The molecule has 2 aliphatic rings. The highest BCUT2D eigenvalue weighted by atomic mass is 127. The Kier molecular flexibility index (Phi) is 13.0. The van der Waals surface area contributed by atoms with Gasteiger partial charge in [0.25, 0.3) is 0 Å². The number of hydrogen-bond donors (Lipinski definition) is 2. The lowest BCUT2D eigenvalue weighted by molar-refractivity contribution is -0.127. The molecule has 2 fully saturated rings. The number of halogens is 1. The predicted octanol–water partition coefficient (Wildman–Crippen LogP) is 2.84. The second kappa shape index (κ2) is 15.4. The van der Waals surface area contributed by atoms with E-state index in [-0.39, 0.29) is 41.9 Å². The number of rotatable bonds is 12. The van der Waals surface area contributed by atoms with Gasteiger partial charge < -0.3 is 25.0 Å². The average Bonchev–Trinajstić information content (AvgIpc) is 3.43. The van der Waals surface area contributed by atoms with Crippen molar-refractivity contribution in [1.29, 1.82) is 0 Å². The number of nitrogens with one attached hydrogen (secondary N) is 2. The molecule has 2 aliphatic heterocycles. The molecule has 0 aromatic heterocycles. The average molecular weight is 559 g/mol. The third kappa shape index (κ3) is 9.62. The van der Waals surface area contributed by atoms with Crippen molar-refractivity contribution in [3.05, 3.63) is 35.9 Å². The maximum Gasteiger partial charge on any atom is 0.223 e. The van der Waals surface area contributed by atoms with Crippen LogP contribution in [0.15, 0.2) is 35.3 Å². The molecular formula is C24H39IN4O3. The fraction of sp³-hybridized carbons (Fsp3) is 0.667. The van der Waals surface area contributed by atoms with Crippen LogP contribution >= 0.6 is 24.0 Å². The van der Waals surface area contributed by atoms with Gasteiger partial charge in [0.05, 0.1) is 12.7 Å². The zero-order valence-electron chi connectivity index (χ0n) is 19.3. The summed E-state index contributed by atoms with van der Waals surface area (Å²) in [6.07, 6.45) is 4.97. The van der Waals surface area contributed by atoms with E-state index in [1.807, 2.05) is 23.1 Å². The smallest absolute Gasteiger partial charge is 0.223 e. The van der Waals surface area contributed by atoms with E-state index in [0.717, 1.165) is 71.0 Å². The fourth-order valence-corrected chi connectivity index (χ4v) is 4.03. The quantitative estimate of drug-likeness (QED) is 0.179. The minimum atomic E-state index is 0. The molecule has 3 rings (SSSR count). The molecule has 1 aromatic carbocycles. The third-order valence-corrected chi connectivity index (χ3v) is 5.75. The van der Waals surface area contributed by atoms with Crippen molar-refractivity contribution in [3.63, 3.8) is 0 Å². The molecule has 2 atom stereocenters. The van der Waals surface area contributed by atoms with E-state index < -0.39 is 0 Å². The number of ether oxygens (including phenoxy) is 2. The van der Waals surface area contributed by atoms with Crippen molar-refractivity contribution < 1.29 is 14.3 Å². The van der Waals surface area contributed by atoms with E-state index in [0.29, 0.717) is 19.6 Å². The van der Waals surface area contributed by atoms with Crippen LogP contribution in [0.1, 0.15) is 38.2 Å². The number of nitrogens with zero attached hydrogens (tertiary/aromatic N) is 2. The molecule has 0 bridgehead atoms. The van der Waals surface area contributed by atoms with Crippen molar-refractivity contribution in [2.24, 2.45) is 10.9 Å². The van der Waals surface area contributed by atoms with Crippen LogP contribution in [0.4, 0.5) is 0 Å². The van der Waals surface area contributed by atoms with Crippen LogP contribution in [0.2, 0.25) is 0 Å². The first kappa shape index (κ1) is 26.9. The van der Waals surface area contributed by atoms with Gasteiger partial charge in [0.2, 0.25) is 5.91 Å². The lowest BCUT2D eigenvalue weighted by Gasteiger charge is -2.16. The number of aliphatic imine (C=N–C) groups is 1. The van der Waals surface area contributed by atoms with Crippen LogP contribution < -0.4 is 10.6 Å². The summed E-state index contributed by atoms with van der Waals surface area (Å²) in [6, 6.07) is 10.3. The van der Waals surface area contributed by atoms with Crippen LogP contribution in [-0.2, 0) is 20.7 Å². The van der Waals surface area contributed by atoms with E-state index in [2.05, 4.69) is 29.7 Å². The Morgan fingerprint density at radius 3 is 2.88 bits per heavy atom. The van der Waals surface area contributed by atoms with Gasteiger partial charge in [-0.2, -0.15) is 0 Å². The summed E-state index contributed by atoms with van der Waals surface area (Å²) in [5.41, 5.74) is 1.27. The molecule has 8 heteroatoms. The summed E-state index contributed by atoms with van der Waals surface area (Å²) in [6.45, 7) is 8.22. The van der Waals surface area contributed by atoms with Crippen molar-refractivity contribution in [2.75, 3.05) is 52.5 Å². The number of amides is 1. The normalized spacial score (nSPS) is 21.0. The van der Waals surface area contributed by atoms with Gasteiger partial charge in [-0.1, -0.05) is 30.3 Å². The summed E-state index contributed by atoms with van der Waals surface area (Å²) < 4.78 is 11.3. The van der Waals surface area contributed by atoms with Crippen LogP contribution in [0, 0.1) is 5.92 Å². The SMILES string of the molecule is CCNC(=NCC1CC(=O)N(CCc2ccccc2)C1)NCCCOCC1CCCO1.I. The number of hydrogen-bond acceptors (Lipinski definition) is 4. The monoisotopic (exact) mass is 558 g/mol. The van der Waals surface area contributed by atoms with Gasteiger partial charge in [0, 0.05) is 58.3 Å². The number of benzene rings is 1. The van der Waals surface area contributed by atoms with Gasteiger partial charge in [-0.25, -0.2) is 0 Å². The number of carbonyl (C=O) groups is 1. The summed E-state index contributed by atoms with van der Waals surface area (Å²) in [4.78, 5) is 19.1. The lowest BCUT2D eigenvalue weighted by Crippen LogP contribution is -2.38. The largest absolute Gasteiger partial charge is 0.379 e. The Balaban J connectivity index is 0.00000363. The molecule has 1 amide bonds. The van der Waals surface area contributed by atoms with Crippen molar-refractivity contribution in [3.8, 4) is 0 Å². The minimum absolute atomic E-state index is 0. The molecule has 2 heterocycles. The summed E-state index contributed by atoms with van der Waals surface area (Å²) in [5, 5.41) is 6.66. The number of carbonyl (C=O) groups excluding carboxylic acids is 1. The third-order valence-electron chi connectivity index (χ3n) is 5.75. The summed E-state index contributed by atoms with van der Waals surface area (Å²) >= 11 is 0. The maximum atomic E-state index is 12.4. The molecule has 0 radical (unpaired) electrons. The highest BCUT2D eigenvalue weighted by Crippen LogP contribution is 2.18. The van der Waals surface area contributed by atoms with Crippen LogP contribution in [0.25, 0.3) is 0 Å². The molecule has 7 nitrogen and oxygen atoms in total. The van der Waals surface area contributed by atoms with Crippen LogP contribution in [0.3, 0.4) is 0 Å². The Bertz CT molecular complexity index is 683. The Morgan fingerprint density at radius 1 is 1.28 bits per heavy atom. The van der Waals surface area contributed by atoms with E-state index in [1.54, 1.807) is 0 Å².